The van der Waals surface area contributed by atoms with E-state index in [9.17, 15) is 9.59 Å². The van der Waals surface area contributed by atoms with Gasteiger partial charge in [-0.1, -0.05) is 127 Å². The molecule has 1 saturated heterocycles. The van der Waals surface area contributed by atoms with E-state index in [1.807, 2.05) is 91.0 Å². The van der Waals surface area contributed by atoms with Crippen LogP contribution in [0.5, 0.6) is 0 Å². The summed E-state index contributed by atoms with van der Waals surface area (Å²) in [6.45, 7) is 0.745. The molecule has 0 unspecified atom stereocenters. The molecule has 1 heterocycles. The Hall–Kier alpha value is -4.67. The van der Waals surface area contributed by atoms with Crippen LogP contribution in [-0.4, -0.2) is 36.0 Å². The summed E-state index contributed by atoms with van der Waals surface area (Å²) in [5.74, 6) is 0.976. The number of nitrogens with zero attached hydrogens (tertiary/aromatic N) is 1. The van der Waals surface area contributed by atoms with Gasteiger partial charge in [0.15, 0.2) is 5.78 Å². The smallest absolute Gasteiger partial charge is 0.410 e. The van der Waals surface area contributed by atoms with Gasteiger partial charge in [-0.25, -0.2) is 4.79 Å². The summed E-state index contributed by atoms with van der Waals surface area (Å²) in [6.07, 6.45) is 0.958. The monoisotopic (exact) mass is 596 g/mol. The number of fused-ring (bicyclic) bond motifs is 3. The van der Waals surface area contributed by atoms with Crippen LogP contribution in [-0.2, 0) is 4.74 Å². The van der Waals surface area contributed by atoms with Crippen molar-refractivity contribution in [1.82, 2.24) is 4.90 Å². The second-order valence-electron chi connectivity index (χ2n) is 11.3. The van der Waals surface area contributed by atoms with E-state index in [1.165, 1.54) is 22.3 Å². The zero-order valence-corrected chi connectivity index (χ0v) is 24.9. The minimum absolute atomic E-state index is 0.0219. The molecule has 217 valence electrons. The Morgan fingerprint density at radius 2 is 1.18 bits per heavy atom. The van der Waals surface area contributed by atoms with Gasteiger partial charge in [0.2, 0.25) is 0 Å². The van der Waals surface area contributed by atoms with Crippen LogP contribution < -0.4 is 0 Å². The number of ether oxygens (including phenoxy) is 1. The van der Waals surface area contributed by atoms with Gasteiger partial charge in [0.1, 0.15) is 6.61 Å². The van der Waals surface area contributed by atoms with Crippen molar-refractivity contribution in [3.8, 4) is 11.1 Å². The number of amides is 1. The number of carbonyl (C=O) groups is 2. The van der Waals surface area contributed by atoms with Crippen molar-refractivity contribution in [3.05, 3.63) is 172 Å². The van der Waals surface area contributed by atoms with E-state index in [-0.39, 0.29) is 18.3 Å². The molecule has 0 aromatic heterocycles. The fraction of sp³-hybridized carbons (Fsp3) is 0.154. The quantitative estimate of drug-likeness (QED) is 0.139. The van der Waals surface area contributed by atoms with Crippen molar-refractivity contribution in [1.29, 1.82) is 0 Å². The lowest BCUT2D eigenvalue weighted by molar-refractivity contribution is 0.0752. The van der Waals surface area contributed by atoms with E-state index in [0.717, 1.165) is 29.0 Å². The molecular weight excluding hydrogens is 566 g/mol. The lowest BCUT2D eigenvalue weighted by Crippen LogP contribution is -2.41. The van der Waals surface area contributed by atoms with Gasteiger partial charge in [0, 0.05) is 23.0 Å². The minimum atomic E-state index is -0.537. The molecule has 0 saturated carbocycles. The number of benzene rings is 5. The van der Waals surface area contributed by atoms with Crippen LogP contribution in [0.2, 0.25) is 5.02 Å². The molecule has 2 aliphatic rings. The molecule has 0 bridgehead atoms. The van der Waals surface area contributed by atoms with Crippen LogP contribution in [0.3, 0.4) is 0 Å². The van der Waals surface area contributed by atoms with Crippen molar-refractivity contribution in [3.63, 3.8) is 0 Å². The molecule has 0 spiro atoms. The predicted octanol–water partition coefficient (Wildman–Crippen LogP) is 8.96. The number of halogens is 1. The van der Waals surface area contributed by atoms with Gasteiger partial charge in [-0.05, 0) is 63.9 Å². The molecule has 0 N–H and O–H groups in total. The number of likely N-dealkylation sites (tertiary alicyclic amines) is 1. The third-order valence-corrected chi connectivity index (χ3v) is 9.03. The standard InChI is InChI=1S/C39H31ClNO3/c40-30-22-20-28(21-23-30)37(26-9-2-1-3-10-26)27-16-18-29(19-17-27)38(42)36-15-8-24-41(36)39(43)44-25-35-33-13-6-4-11-31(33)32-12-5-7-14-34(32)35/h1-7,9-14,16-23,35-36H,8,15,24-25H2/t36-/m0/s1. The first-order chi connectivity index (χ1) is 21.6. The van der Waals surface area contributed by atoms with Crippen molar-refractivity contribution in [2.75, 3.05) is 13.2 Å². The zero-order chi connectivity index (χ0) is 30.0. The van der Waals surface area contributed by atoms with Crippen LogP contribution in [0.1, 0.15) is 56.9 Å². The number of Topliss-reactive ketones (excluding diaryl/α,β-unsaturated/α-hetero) is 1. The van der Waals surface area contributed by atoms with E-state index in [4.69, 9.17) is 16.3 Å². The fourth-order valence-corrected chi connectivity index (χ4v) is 6.78. The Morgan fingerprint density at radius 1 is 0.659 bits per heavy atom. The topological polar surface area (TPSA) is 46.6 Å². The van der Waals surface area contributed by atoms with Gasteiger partial charge in [0.25, 0.3) is 0 Å². The molecule has 1 radical (unpaired) electrons. The van der Waals surface area contributed by atoms with E-state index < -0.39 is 12.1 Å². The zero-order valence-electron chi connectivity index (χ0n) is 24.2. The minimum Gasteiger partial charge on any atom is -0.448 e. The number of ketones is 1. The second kappa shape index (κ2) is 12.1. The van der Waals surface area contributed by atoms with Crippen LogP contribution >= 0.6 is 11.6 Å². The summed E-state index contributed by atoms with van der Waals surface area (Å²) in [5, 5.41) is 0.680. The van der Waals surface area contributed by atoms with Crippen molar-refractivity contribution >= 4 is 23.5 Å². The molecule has 5 aromatic rings. The molecule has 5 heteroatoms. The molecule has 5 aromatic carbocycles. The SMILES string of the molecule is O=C(c1ccc([C](c2ccccc2)c2ccc(Cl)cc2)cc1)[C@@H]1CCCN1C(=O)OCC1c2ccccc2-c2ccccc21. The molecule has 4 nitrogen and oxygen atoms in total. The highest BCUT2D eigenvalue weighted by Gasteiger charge is 2.37. The number of carbonyl (C=O) groups excluding carboxylic acids is 2. The first kappa shape index (κ1) is 28.1. The third-order valence-electron chi connectivity index (χ3n) is 8.78. The van der Waals surface area contributed by atoms with Crippen LogP contribution in [0.25, 0.3) is 11.1 Å². The maximum absolute atomic E-state index is 13.7. The lowest BCUT2D eigenvalue weighted by Gasteiger charge is -2.24. The third kappa shape index (κ3) is 5.31. The van der Waals surface area contributed by atoms with Gasteiger partial charge in [0.05, 0.1) is 12.0 Å². The number of rotatable bonds is 7. The van der Waals surface area contributed by atoms with Crippen LogP contribution in [0, 0.1) is 5.92 Å². The Labute approximate surface area is 262 Å². The van der Waals surface area contributed by atoms with Gasteiger partial charge < -0.3 is 4.74 Å². The van der Waals surface area contributed by atoms with Crippen molar-refractivity contribution < 1.29 is 14.3 Å². The highest BCUT2D eigenvalue weighted by Crippen LogP contribution is 2.44. The number of hydrogen-bond donors (Lipinski definition) is 0. The number of hydrogen-bond acceptors (Lipinski definition) is 3. The van der Waals surface area contributed by atoms with Crippen molar-refractivity contribution in [2.24, 2.45) is 0 Å². The van der Waals surface area contributed by atoms with Crippen LogP contribution in [0.15, 0.2) is 127 Å². The molecule has 1 aliphatic carbocycles. The molecule has 1 amide bonds. The van der Waals surface area contributed by atoms with E-state index in [0.29, 0.717) is 23.6 Å². The summed E-state index contributed by atoms with van der Waals surface area (Å²) in [5.41, 5.74) is 8.40. The maximum atomic E-state index is 13.7. The summed E-state index contributed by atoms with van der Waals surface area (Å²) in [7, 11) is 0. The Kier molecular flexibility index (Phi) is 7.76. The van der Waals surface area contributed by atoms with Crippen LogP contribution in [0.4, 0.5) is 4.79 Å². The first-order valence-corrected chi connectivity index (χ1v) is 15.4. The molecule has 1 aliphatic heterocycles. The molecule has 1 fully saturated rings. The fourth-order valence-electron chi connectivity index (χ4n) is 6.65. The van der Waals surface area contributed by atoms with Gasteiger partial charge in [-0.2, -0.15) is 0 Å². The van der Waals surface area contributed by atoms with Gasteiger partial charge >= 0.3 is 6.09 Å². The molecule has 7 rings (SSSR count). The van der Waals surface area contributed by atoms with Gasteiger partial charge in [-0.3, -0.25) is 9.69 Å². The summed E-state index contributed by atoms with van der Waals surface area (Å²) >= 11 is 6.17. The Bertz CT molecular complexity index is 1750. The summed E-state index contributed by atoms with van der Waals surface area (Å²) in [4.78, 5) is 28.7. The Balaban J connectivity index is 1.07. The highest BCUT2D eigenvalue weighted by molar-refractivity contribution is 6.30. The maximum Gasteiger partial charge on any atom is 0.410 e. The predicted molar refractivity (Wildman–Crippen MR) is 174 cm³/mol. The Morgan fingerprint density at radius 3 is 1.82 bits per heavy atom. The average Bonchev–Trinajstić information content (AvgIpc) is 3.69. The van der Waals surface area contributed by atoms with Crippen molar-refractivity contribution in [2.45, 2.75) is 24.8 Å². The average molecular weight is 597 g/mol. The van der Waals surface area contributed by atoms with E-state index in [2.05, 4.69) is 36.4 Å². The molecule has 44 heavy (non-hydrogen) atoms. The highest BCUT2D eigenvalue weighted by atomic mass is 35.5. The molecule has 1 atom stereocenters. The largest absolute Gasteiger partial charge is 0.448 e. The van der Waals surface area contributed by atoms with E-state index >= 15 is 0 Å². The first-order valence-electron chi connectivity index (χ1n) is 15.0. The molecular formula is C39H31ClNO3. The normalized spacial score (nSPS) is 15.7. The summed E-state index contributed by atoms with van der Waals surface area (Å²) < 4.78 is 5.92. The summed E-state index contributed by atoms with van der Waals surface area (Å²) in [6, 6.07) is 41.7. The van der Waals surface area contributed by atoms with Gasteiger partial charge in [-0.15, -0.1) is 0 Å². The second-order valence-corrected chi connectivity index (χ2v) is 11.8. The lowest BCUT2D eigenvalue weighted by atomic mass is 9.84. The van der Waals surface area contributed by atoms with E-state index in [1.54, 1.807) is 4.90 Å².